The molecule has 0 saturated carbocycles. The molecule has 3 aromatic rings. The average Bonchev–Trinajstić information content (AvgIpc) is 3.39. The molecule has 2 aliphatic heterocycles. The molecule has 3 heterocycles. The van der Waals surface area contributed by atoms with Gasteiger partial charge in [0, 0.05) is 49.8 Å². The van der Waals surface area contributed by atoms with E-state index < -0.39 is 0 Å². The van der Waals surface area contributed by atoms with Gasteiger partial charge in [-0.1, -0.05) is 60.7 Å². The fraction of sp³-hybridized carbons (Fsp3) is 0.333. The van der Waals surface area contributed by atoms with E-state index in [1.807, 2.05) is 16.7 Å². The van der Waals surface area contributed by atoms with Crippen LogP contribution in [0.25, 0.3) is 0 Å². The van der Waals surface area contributed by atoms with E-state index in [2.05, 4.69) is 70.5 Å². The predicted molar refractivity (Wildman–Crippen MR) is 133 cm³/mol. The molecule has 5 nitrogen and oxygen atoms in total. The number of amides is 1. The molecule has 6 heteroatoms. The molecule has 2 aromatic carbocycles. The SMILES string of the molecule is O=C(c1ccnc(OC2CCSC2)c1)N1CCN(C(c2ccccc2)c2ccccc2)CC1. The molecule has 2 aliphatic rings. The molecule has 1 aromatic heterocycles. The summed E-state index contributed by atoms with van der Waals surface area (Å²) >= 11 is 1.90. The van der Waals surface area contributed by atoms with Crippen LogP contribution in [0.15, 0.2) is 79.0 Å². The lowest BCUT2D eigenvalue weighted by atomic mass is 9.96. The number of benzene rings is 2. The molecule has 0 N–H and O–H groups in total. The first kappa shape index (κ1) is 22.0. The van der Waals surface area contributed by atoms with Crippen molar-refractivity contribution in [3.63, 3.8) is 0 Å². The number of thioether (sulfide) groups is 1. The summed E-state index contributed by atoms with van der Waals surface area (Å²) in [6.07, 6.45) is 2.92. The van der Waals surface area contributed by atoms with Crippen LogP contribution < -0.4 is 4.74 Å². The molecule has 1 atom stereocenters. The maximum absolute atomic E-state index is 13.2. The number of carbonyl (C=O) groups is 1. The van der Waals surface area contributed by atoms with Crippen LogP contribution in [0.5, 0.6) is 5.88 Å². The molecule has 0 aliphatic carbocycles. The summed E-state index contributed by atoms with van der Waals surface area (Å²) in [6, 6.07) is 25.0. The first-order chi connectivity index (χ1) is 16.3. The third kappa shape index (κ3) is 5.23. The number of pyridine rings is 1. The van der Waals surface area contributed by atoms with Crippen LogP contribution in [0, 0.1) is 0 Å². The largest absolute Gasteiger partial charge is 0.473 e. The van der Waals surface area contributed by atoms with Gasteiger partial charge in [0.25, 0.3) is 5.91 Å². The molecule has 0 radical (unpaired) electrons. The second kappa shape index (κ2) is 10.4. The standard InChI is InChI=1S/C27H29N3O2S/c31-27(23-11-13-28-25(19-23)32-24-12-18-33-20-24)30-16-14-29(15-17-30)26(21-7-3-1-4-8-21)22-9-5-2-6-10-22/h1-11,13,19,24,26H,12,14-18,20H2. The van der Waals surface area contributed by atoms with Crippen LogP contribution >= 0.6 is 11.8 Å². The zero-order valence-corrected chi connectivity index (χ0v) is 19.5. The molecule has 170 valence electrons. The minimum Gasteiger partial charge on any atom is -0.473 e. The lowest BCUT2D eigenvalue weighted by molar-refractivity contribution is 0.0596. The third-order valence-electron chi connectivity index (χ3n) is 6.35. The van der Waals surface area contributed by atoms with Crippen molar-refractivity contribution in [3.8, 4) is 5.88 Å². The van der Waals surface area contributed by atoms with Crippen molar-refractivity contribution in [2.24, 2.45) is 0 Å². The Morgan fingerprint density at radius 3 is 2.21 bits per heavy atom. The normalized spacial score (nSPS) is 19.1. The number of piperazine rings is 1. The van der Waals surface area contributed by atoms with Gasteiger partial charge in [0.05, 0.1) is 6.04 Å². The Balaban J connectivity index is 1.26. The molecule has 2 fully saturated rings. The van der Waals surface area contributed by atoms with E-state index in [0.717, 1.165) is 31.0 Å². The Morgan fingerprint density at radius 2 is 1.61 bits per heavy atom. The van der Waals surface area contributed by atoms with Gasteiger partial charge in [-0.15, -0.1) is 0 Å². The topological polar surface area (TPSA) is 45.7 Å². The van der Waals surface area contributed by atoms with Crippen molar-refractivity contribution < 1.29 is 9.53 Å². The van der Waals surface area contributed by atoms with E-state index >= 15 is 0 Å². The highest BCUT2D eigenvalue weighted by Crippen LogP contribution is 2.30. The highest BCUT2D eigenvalue weighted by molar-refractivity contribution is 7.99. The number of hydrogen-bond acceptors (Lipinski definition) is 5. The summed E-state index contributed by atoms with van der Waals surface area (Å²) in [4.78, 5) is 22.0. The summed E-state index contributed by atoms with van der Waals surface area (Å²) in [5, 5.41) is 0. The fourth-order valence-corrected chi connectivity index (χ4v) is 5.73. The van der Waals surface area contributed by atoms with E-state index in [4.69, 9.17) is 4.74 Å². The number of ether oxygens (including phenoxy) is 1. The second-order valence-electron chi connectivity index (χ2n) is 8.54. The van der Waals surface area contributed by atoms with Gasteiger partial charge in [-0.2, -0.15) is 11.8 Å². The van der Waals surface area contributed by atoms with Gasteiger partial charge >= 0.3 is 0 Å². The summed E-state index contributed by atoms with van der Waals surface area (Å²) < 4.78 is 5.99. The second-order valence-corrected chi connectivity index (χ2v) is 9.69. The Hall–Kier alpha value is -2.83. The molecule has 0 bridgehead atoms. The number of rotatable bonds is 6. The van der Waals surface area contributed by atoms with E-state index in [9.17, 15) is 4.79 Å². The predicted octanol–water partition coefficient (Wildman–Crippen LogP) is 4.51. The number of nitrogens with zero attached hydrogens (tertiary/aromatic N) is 3. The molecular formula is C27H29N3O2S. The van der Waals surface area contributed by atoms with Crippen LogP contribution in [0.4, 0.5) is 0 Å². The van der Waals surface area contributed by atoms with Gasteiger partial charge in [0.15, 0.2) is 0 Å². The highest BCUT2D eigenvalue weighted by Gasteiger charge is 2.29. The van der Waals surface area contributed by atoms with Gasteiger partial charge in [-0.25, -0.2) is 4.98 Å². The Kier molecular flexibility index (Phi) is 6.93. The molecule has 0 spiro atoms. The quantitative estimate of drug-likeness (QED) is 0.543. The Morgan fingerprint density at radius 1 is 0.939 bits per heavy atom. The number of carbonyl (C=O) groups excluding carboxylic acids is 1. The van der Waals surface area contributed by atoms with Crippen molar-refractivity contribution >= 4 is 17.7 Å². The molecule has 33 heavy (non-hydrogen) atoms. The maximum Gasteiger partial charge on any atom is 0.254 e. The van der Waals surface area contributed by atoms with E-state index in [1.165, 1.54) is 11.1 Å². The minimum absolute atomic E-state index is 0.0543. The molecule has 2 saturated heterocycles. The summed E-state index contributed by atoms with van der Waals surface area (Å²) in [5.74, 6) is 2.73. The van der Waals surface area contributed by atoms with E-state index in [0.29, 0.717) is 24.5 Å². The van der Waals surface area contributed by atoms with Gasteiger partial charge in [0.2, 0.25) is 5.88 Å². The Labute approximate surface area is 199 Å². The van der Waals surface area contributed by atoms with Crippen molar-refractivity contribution in [3.05, 3.63) is 95.7 Å². The van der Waals surface area contributed by atoms with Crippen LogP contribution in [0.2, 0.25) is 0 Å². The van der Waals surface area contributed by atoms with E-state index in [1.54, 1.807) is 18.3 Å². The fourth-order valence-electron chi connectivity index (χ4n) is 4.63. The van der Waals surface area contributed by atoms with Gasteiger partial charge in [0.1, 0.15) is 6.10 Å². The lowest BCUT2D eigenvalue weighted by Gasteiger charge is -2.39. The molecule has 1 unspecified atom stereocenters. The van der Waals surface area contributed by atoms with Crippen LogP contribution in [-0.4, -0.2) is 64.5 Å². The molecule has 1 amide bonds. The zero-order chi connectivity index (χ0) is 22.5. The minimum atomic E-state index is 0.0543. The lowest BCUT2D eigenvalue weighted by Crippen LogP contribution is -2.49. The molecule has 5 rings (SSSR count). The van der Waals surface area contributed by atoms with Crippen LogP contribution in [-0.2, 0) is 0 Å². The monoisotopic (exact) mass is 459 g/mol. The third-order valence-corrected chi connectivity index (χ3v) is 7.49. The summed E-state index contributed by atoms with van der Waals surface area (Å²) in [7, 11) is 0. The highest BCUT2D eigenvalue weighted by atomic mass is 32.2. The maximum atomic E-state index is 13.2. The van der Waals surface area contributed by atoms with Crippen LogP contribution in [0.3, 0.4) is 0 Å². The van der Waals surface area contributed by atoms with Crippen molar-refractivity contribution in [1.29, 1.82) is 0 Å². The molecular weight excluding hydrogens is 430 g/mol. The summed E-state index contributed by atoms with van der Waals surface area (Å²) in [6.45, 7) is 3.06. The smallest absolute Gasteiger partial charge is 0.254 e. The Bertz CT molecular complexity index is 1010. The van der Waals surface area contributed by atoms with Crippen LogP contribution in [0.1, 0.15) is 33.9 Å². The van der Waals surface area contributed by atoms with Crippen molar-refractivity contribution in [2.45, 2.75) is 18.6 Å². The van der Waals surface area contributed by atoms with Gasteiger partial charge in [-0.3, -0.25) is 9.69 Å². The first-order valence-corrected chi connectivity index (χ1v) is 12.8. The zero-order valence-electron chi connectivity index (χ0n) is 18.7. The average molecular weight is 460 g/mol. The first-order valence-electron chi connectivity index (χ1n) is 11.6. The summed E-state index contributed by atoms with van der Waals surface area (Å²) in [5.41, 5.74) is 3.22. The number of aromatic nitrogens is 1. The van der Waals surface area contributed by atoms with Gasteiger partial charge in [-0.05, 0) is 29.4 Å². The van der Waals surface area contributed by atoms with Crippen molar-refractivity contribution in [2.75, 3.05) is 37.7 Å². The van der Waals surface area contributed by atoms with E-state index in [-0.39, 0.29) is 18.1 Å². The van der Waals surface area contributed by atoms with Gasteiger partial charge < -0.3 is 9.64 Å². The van der Waals surface area contributed by atoms with Crippen molar-refractivity contribution in [1.82, 2.24) is 14.8 Å². The number of hydrogen-bond donors (Lipinski definition) is 0.